The number of nitrogens with zero attached hydrogens (tertiary/aromatic N) is 2. The van der Waals surface area contributed by atoms with E-state index < -0.39 is 6.10 Å². The van der Waals surface area contributed by atoms with Gasteiger partial charge in [-0.25, -0.2) is 4.98 Å². The van der Waals surface area contributed by atoms with Crippen molar-refractivity contribution in [2.45, 2.75) is 65.0 Å². The fourth-order valence-electron chi connectivity index (χ4n) is 2.92. The molecule has 2 rings (SSSR count). The molecule has 3 atom stereocenters. The van der Waals surface area contributed by atoms with Gasteiger partial charge in [0.05, 0.1) is 28.8 Å². The second-order valence-electron chi connectivity index (χ2n) is 6.39. The molecule has 1 amide bonds. The lowest BCUT2D eigenvalue weighted by Crippen LogP contribution is -2.37. The summed E-state index contributed by atoms with van der Waals surface area (Å²) in [6, 6.07) is 0.00954. The lowest BCUT2D eigenvalue weighted by molar-refractivity contribution is -0.138. The largest absolute Gasteiger partial charge is 0.392 e. The number of rotatable bonds is 4. The van der Waals surface area contributed by atoms with Crippen LogP contribution in [0.5, 0.6) is 0 Å². The summed E-state index contributed by atoms with van der Waals surface area (Å²) in [6.45, 7) is 8.33. The van der Waals surface area contributed by atoms with E-state index in [1.54, 1.807) is 16.2 Å². The summed E-state index contributed by atoms with van der Waals surface area (Å²) in [5, 5.41) is 11.1. The molecule has 4 nitrogen and oxygen atoms in total. The summed E-state index contributed by atoms with van der Waals surface area (Å²) in [7, 11) is 1.84. The van der Waals surface area contributed by atoms with Crippen LogP contribution in [0, 0.1) is 12.8 Å². The van der Waals surface area contributed by atoms with Crippen LogP contribution in [-0.2, 0) is 4.79 Å². The Morgan fingerprint density at radius 3 is 2.52 bits per heavy atom. The van der Waals surface area contributed by atoms with E-state index in [0.29, 0.717) is 5.92 Å². The number of carbonyl (C=O) groups is 1. The standard InChI is InChI=1S/C16H26N2O2S/c1-9(2)15-17-10(3)14(21-15)11(4)18(5)16(20)12-7-6-8-13(12)19/h9,11-13,19H,6-8H2,1-5H3. The first-order valence-electron chi connectivity index (χ1n) is 7.74. The highest BCUT2D eigenvalue weighted by Gasteiger charge is 2.35. The van der Waals surface area contributed by atoms with Crippen LogP contribution >= 0.6 is 11.3 Å². The van der Waals surface area contributed by atoms with Gasteiger partial charge in [-0.05, 0) is 33.1 Å². The number of carbonyl (C=O) groups excluding carboxylic acids is 1. The normalized spacial score (nSPS) is 23.6. The van der Waals surface area contributed by atoms with Gasteiger partial charge in [0.2, 0.25) is 5.91 Å². The second kappa shape index (κ2) is 6.44. The first-order chi connectivity index (χ1) is 9.82. The molecule has 21 heavy (non-hydrogen) atoms. The Morgan fingerprint density at radius 2 is 2.05 bits per heavy atom. The molecule has 1 fully saturated rings. The number of hydrogen-bond donors (Lipinski definition) is 1. The summed E-state index contributed by atoms with van der Waals surface area (Å²) >= 11 is 1.70. The lowest BCUT2D eigenvalue weighted by atomic mass is 10.0. The number of amides is 1. The number of aliphatic hydroxyl groups is 1. The predicted octanol–water partition coefficient (Wildman–Crippen LogP) is 3.26. The molecular weight excluding hydrogens is 284 g/mol. The molecule has 1 aliphatic carbocycles. The molecule has 118 valence electrons. The van der Waals surface area contributed by atoms with Crippen molar-refractivity contribution in [2.24, 2.45) is 5.92 Å². The summed E-state index contributed by atoms with van der Waals surface area (Å²) in [5.74, 6) is 0.244. The van der Waals surface area contributed by atoms with Crippen molar-refractivity contribution in [2.75, 3.05) is 7.05 Å². The van der Waals surface area contributed by atoms with Crippen molar-refractivity contribution in [1.82, 2.24) is 9.88 Å². The van der Waals surface area contributed by atoms with E-state index in [1.807, 2.05) is 20.9 Å². The Labute approximate surface area is 131 Å². The molecule has 1 aromatic heterocycles. The smallest absolute Gasteiger partial charge is 0.228 e. The van der Waals surface area contributed by atoms with Gasteiger partial charge >= 0.3 is 0 Å². The van der Waals surface area contributed by atoms with Crippen molar-refractivity contribution in [3.8, 4) is 0 Å². The summed E-state index contributed by atoms with van der Waals surface area (Å²) in [5.41, 5.74) is 1.02. The molecule has 0 radical (unpaired) electrons. The Hall–Kier alpha value is -0.940. The lowest BCUT2D eigenvalue weighted by Gasteiger charge is -2.28. The topological polar surface area (TPSA) is 53.4 Å². The van der Waals surface area contributed by atoms with E-state index in [1.165, 1.54) is 0 Å². The Kier molecular flexibility index (Phi) is 5.04. The van der Waals surface area contributed by atoms with E-state index in [-0.39, 0.29) is 17.9 Å². The van der Waals surface area contributed by atoms with Crippen molar-refractivity contribution < 1.29 is 9.90 Å². The van der Waals surface area contributed by atoms with Gasteiger partial charge in [0.1, 0.15) is 0 Å². The SMILES string of the molecule is Cc1nc(C(C)C)sc1C(C)N(C)C(=O)C1CCCC1O. The van der Waals surface area contributed by atoms with E-state index >= 15 is 0 Å². The quantitative estimate of drug-likeness (QED) is 0.928. The molecule has 1 saturated carbocycles. The van der Waals surface area contributed by atoms with Gasteiger partial charge in [0.15, 0.2) is 0 Å². The highest BCUT2D eigenvalue weighted by atomic mass is 32.1. The molecule has 3 unspecified atom stereocenters. The minimum Gasteiger partial charge on any atom is -0.392 e. The van der Waals surface area contributed by atoms with Gasteiger partial charge < -0.3 is 10.0 Å². The van der Waals surface area contributed by atoms with Gasteiger partial charge in [-0.2, -0.15) is 0 Å². The zero-order valence-electron chi connectivity index (χ0n) is 13.6. The third kappa shape index (κ3) is 3.29. The van der Waals surface area contributed by atoms with Crippen molar-refractivity contribution >= 4 is 17.2 Å². The maximum absolute atomic E-state index is 12.6. The van der Waals surface area contributed by atoms with Crippen LogP contribution in [0.25, 0.3) is 0 Å². The minimum atomic E-state index is -0.471. The van der Waals surface area contributed by atoms with Crippen molar-refractivity contribution in [1.29, 1.82) is 0 Å². The van der Waals surface area contributed by atoms with Crippen molar-refractivity contribution in [3.05, 3.63) is 15.6 Å². The molecule has 1 heterocycles. The molecule has 1 aliphatic rings. The van der Waals surface area contributed by atoms with Crippen LogP contribution in [0.15, 0.2) is 0 Å². The zero-order valence-corrected chi connectivity index (χ0v) is 14.4. The van der Waals surface area contributed by atoms with E-state index in [0.717, 1.165) is 34.8 Å². The predicted molar refractivity (Wildman–Crippen MR) is 85.5 cm³/mol. The fourth-order valence-corrected chi connectivity index (χ4v) is 4.09. The fraction of sp³-hybridized carbons (Fsp3) is 0.750. The summed E-state index contributed by atoms with van der Waals surface area (Å²) in [6.07, 6.45) is 2.02. The minimum absolute atomic E-state index is 0.00954. The van der Waals surface area contributed by atoms with Crippen molar-refractivity contribution in [3.63, 3.8) is 0 Å². The molecule has 1 aromatic rings. The Balaban J connectivity index is 2.15. The van der Waals surface area contributed by atoms with Gasteiger partial charge in [0, 0.05) is 17.8 Å². The molecule has 0 bridgehead atoms. The van der Waals surface area contributed by atoms with E-state index in [2.05, 4.69) is 18.8 Å². The zero-order chi connectivity index (χ0) is 15.7. The van der Waals surface area contributed by atoms with E-state index in [4.69, 9.17) is 0 Å². The average Bonchev–Trinajstić information content (AvgIpc) is 3.02. The number of aromatic nitrogens is 1. The van der Waals surface area contributed by atoms with E-state index in [9.17, 15) is 9.90 Å². The summed E-state index contributed by atoms with van der Waals surface area (Å²) < 4.78 is 0. The molecule has 5 heteroatoms. The number of thiazole rings is 1. The molecule has 0 spiro atoms. The average molecular weight is 310 g/mol. The maximum Gasteiger partial charge on any atom is 0.228 e. The van der Waals surface area contributed by atoms with Gasteiger partial charge in [-0.15, -0.1) is 11.3 Å². The Morgan fingerprint density at radius 1 is 1.38 bits per heavy atom. The third-order valence-electron chi connectivity index (χ3n) is 4.45. The molecule has 0 saturated heterocycles. The van der Waals surface area contributed by atoms with Gasteiger partial charge in [0.25, 0.3) is 0 Å². The van der Waals surface area contributed by atoms with Crippen LogP contribution in [0.1, 0.15) is 67.6 Å². The number of aliphatic hydroxyl groups excluding tert-OH is 1. The third-order valence-corrected chi connectivity index (χ3v) is 6.08. The molecular formula is C16H26N2O2S. The van der Waals surface area contributed by atoms with Gasteiger partial charge in [-0.1, -0.05) is 13.8 Å². The number of aryl methyl sites for hydroxylation is 1. The van der Waals surface area contributed by atoms with Crippen LogP contribution in [-0.4, -0.2) is 34.0 Å². The molecule has 0 aromatic carbocycles. The van der Waals surface area contributed by atoms with Crippen LogP contribution < -0.4 is 0 Å². The molecule has 0 aliphatic heterocycles. The van der Waals surface area contributed by atoms with Crippen LogP contribution in [0.4, 0.5) is 0 Å². The monoisotopic (exact) mass is 310 g/mol. The van der Waals surface area contributed by atoms with Crippen LogP contribution in [0.3, 0.4) is 0 Å². The number of hydrogen-bond acceptors (Lipinski definition) is 4. The summed E-state index contributed by atoms with van der Waals surface area (Å²) in [4.78, 5) is 20.1. The van der Waals surface area contributed by atoms with Crippen LogP contribution in [0.2, 0.25) is 0 Å². The Bertz CT molecular complexity index is 512. The first-order valence-corrected chi connectivity index (χ1v) is 8.56. The second-order valence-corrected chi connectivity index (χ2v) is 7.45. The first kappa shape index (κ1) is 16.4. The highest BCUT2D eigenvalue weighted by Crippen LogP contribution is 2.34. The molecule has 1 N–H and O–H groups in total. The van der Waals surface area contributed by atoms with Gasteiger partial charge in [-0.3, -0.25) is 4.79 Å². The maximum atomic E-state index is 12.6. The highest BCUT2D eigenvalue weighted by molar-refractivity contribution is 7.11.